The molecular formula is C6H2F3NO. The van der Waals surface area contributed by atoms with Gasteiger partial charge in [0.25, 0.3) is 5.91 Å². The second kappa shape index (κ2) is 2.41. The molecule has 1 rings (SSSR count). The number of amides is 1. The summed E-state index contributed by atoms with van der Waals surface area (Å²) < 4.78 is 35.4. The fourth-order valence-corrected chi connectivity index (χ4v) is 0.564. The zero-order valence-corrected chi connectivity index (χ0v) is 5.14. The van der Waals surface area contributed by atoms with Crippen LogP contribution in [-0.2, 0) is 4.79 Å². The molecule has 1 amide bonds. The molecule has 0 saturated carbocycles. The van der Waals surface area contributed by atoms with Crippen LogP contribution in [0.4, 0.5) is 13.2 Å². The van der Waals surface area contributed by atoms with Crippen molar-refractivity contribution >= 4 is 5.91 Å². The molecule has 0 saturated heterocycles. The van der Waals surface area contributed by atoms with E-state index in [-0.39, 0.29) is 0 Å². The molecular weight excluding hydrogens is 159 g/mol. The van der Waals surface area contributed by atoms with E-state index in [1.54, 1.807) is 0 Å². The van der Waals surface area contributed by atoms with E-state index in [4.69, 9.17) is 0 Å². The Morgan fingerprint density at radius 1 is 1.45 bits per heavy atom. The van der Waals surface area contributed by atoms with Crippen LogP contribution in [-0.4, -0.2) is 12.1 Å². The molecule has 0 atom stereocenters. The fraction of sp³-hybridized carbons (Fsp3) is 0.167. The molecule has 0 aromatic heterocycles. The summed E-state index contributed by atoms with van der Waals surface area (Å²) in [4.78, 5) is 10.4. The van der Waals surface area contributed by atoms with Crippen LogP contribution in [0.3, 0.4) is 0 Å². The Balaban J connectivity index is 2.93. The van der Waals surface area contributed by atoms with Crippen LogP contribution in [0.25, 0.3) is 0 Å². The van der Waals surface area contributed by atoms with Crippen LogP contribution < -0.4 is 5.32 Å². The third-order valence-corrected chi connectivity index (χ3v) is 1.03. The van der Waals surface area contributed by atoms with E-state index < -0.39 is 17.7 Å². The van der Waals surface area contributed by atoms with Gasteiger partial charge in [-0.3, -0.25) is 4.79 Å². The summed E-state index contributed by atoms with van der Waals surface area (Å²) in [6.07, 6.45) is -1.00. The maximum absolute atomic E-state index is 11.8. The van der Waals surface area contributed by atoms with Crippen molar-refractivity contribution in [3.05, 3.63) is 23.9 Å². The molecule has 1 aliphatic rings. The summed E-state index contributed by atoms with van der Waals surface area (Å²) >= 11 is 0. The van der Waals surface area contributed by atoms with Crippen LogP contribution in [0.5, 0.6) is 0 Å². The third kappa shape index (κ3) is 1.60. The first-order chi connectivity index (χ1) is 5.02. The topological polar surface area (TPSA) is 31.2 Å². The monoisotopic (exact) mass is 161 g/mol. The Labute approximate surface area is 60.4 Å². The minimum absolute atomic E-state index is 0.648. The standard InChI is InChI=1S/C6H2F3NO/c7-6(8,9)4-2-1-3-10-5(4)11/h1-2H. The Morgan fingerprint density at radius 2 is 2.09 bits per heavy atom. The number of carbonyl (C=O) groups is 1. The Morgan fingerprint density at radius 3 is 2.45 bits per heavy atom. The van der Waals surface area contributed by atoms with Crippen LogP contribution in [0.15, 0.2) is 17.7 Å². The SMILES string of the molecule is O=C1[N][C]=CC=C1C(F)(F)F. The Kier molecular flexibility index (Phi) is 1.72. The predicted octanol–water partition coefficient (Wildman–Crippen LogP) is 0.937. The molecule has 0 aromatic carbocycles. The highest BCUT2D eigenvalue weighted by Crippen LogP contribution is 2.26. The highest BCUT2D eigenvalue weighted by atomic mass is 19.4. The number of rotatable bonds is 0. The van der Waals surface area contributed by atoms with Crippen LogP contribution in [0, 0.1) is 6.20 Å². The van der Waals surface area contributed by atoms with Crippen LogP contribution in [0.1, 0.15) is 0 Å². The molecule has 1 aliphatic heterocycles. The van der Waals surface area contributed by atoms with Crippen molar-refractivity contribution in [2.24, 2.45) is 0 Å². The first kappa shape index (κ1) is 7.84. The summed E-state index contributed by atoms with van der Waals surface area (Å²) in [5.41, 5.74) is -1.25. The van der Waals surface area contributed by atoms with E-state index in [0.717, 1.165) is 6.08 Å². The largest absolute Gasteiger partial charge is 0.421 e. The van der Waals surface area contributed by atoms with Gasteiger partial charge >= 0.3 is 6.18 Å². The van der Waals surface area contributed by atoms with Gasteiger partial charge < -0.3 is 0 Å². The summed E-state index contributed by atoms with van der Waals surface area (Å²) in [6, 6.07) is 0. The first-order valence-corrected chi connectivity index (χ1v) is 2.63. The lowest BCUT2D eigenvalue weighted by atomic mass is 10.2. The van der Waals surface area contributed by atoms with Gasteiger partial charge in [-0.2, -0.15) is 13.2 Å². The average molecular weight is 161 g/mol. The lowest BCUT2D eigenvalue weighted by molar-refractivity contribution is -0.130. The van der Waals surface area contributed by atoms with Gasteiger partial charge in [-0.1, -0.05) is 0 Å². The van der Waals surface area contributed by atoms with Gasteiger partial charge in [0.1, 0.15) is 5.57 Å². The van der Waals surface area contributed by atoms with Crippen LogP contribution >= 0.6 is 0 Å². The van der Waals surface area contributed by atoms with Gasteiger partial charge in [-0.15, -0.1) is 0 Å². The van der Waals surface area contributed by atoms with Crippen molar-refractivity contribution in [3.63, 3.8) is 0 Å². The van der Waals surface area contributed by atoms with Crippen molar-refractivity contribution < 1.29 is 18.0 Å². The van der Waals surface area contributed by atoms with Crippen molar-refractivity contribution in [1.82, 2.24) is 5.32 Å². The van der Waals surface area contributed by atoms with Crippen molar-refractivity contribution in [3.8, 4) is 0 Å². The maximum atomic E-state index is 11.8. The molecule has 0 aromatic rings. The van der Waals surface area contributed by atoms with E-state index in [1.807, 2.05) is 6.20 Å². The molecule has 0 N–H and O–H groups in total. The third-order valence-electron chi connectivity index (χ3n) is 1.03. The average Bonchev–Trinajstić information content (AvgIpc) is 1.86. The molecule has 5 heteroatoms. The summed E-state index contributed by atoms with van der Waals surface area (Å²) in [5, 5.41) is 2.85. The van der Waals surface area contributed by atoms with Gasteiger partial charge in [0.2, 0.25) is 0 Å². The number of halogens is 3. The smallest absolute Gasteiger partial charge is 0.267 e. The number of hydrogen-bond donors (Lipinski definition) is 0. The van der Waals surface area contributed by atoms with Crippen molar-refractivity contribution in [1.29, 1.82) is 0 Å². The van der Waals surface area contributed by atoms with Gasteiger partial charge in [0.15, 0.2) is 0 Å². The number of allylic oxidation sites excluding steroid dienone is 2. The van der Waals surface area contributed by atoms with Crippen molar-refractivity contribution in [2.75, 3.05) is 0 Å². The normalized spacial score (nSPS) is 17.7. The second-order valence-electron chi connectivity index (χ2n) is 1.79. The first-order valence-electron chi connectivity index (χ1n) is 2.63. The number of carbonyl (C=O) groups excluding carboxylic acids is 1. The summed E-state index contributed by atoms with van der Waals surface area (Å²) in [6.45, 7) is 0. The zero-order valence-electron chi connectivity index (χ0n) is 5.14. The number of hydrogen-bond acceptors (Lipinski definition) is 1. The molecule has 2 radical (unpaired) electrons. The lowest BCUT2D eigenvalue weighted by Gasteiger charge is -2.09. The van der Waals surface area contributed by atoms with E-state index >= 15 is 0 Å². The molecule has 0 bridgehead atoms. The molecule has 11 heavy (non-hydrogen) atoms. The van der Waals surface area contributed by atoms with Gasteiger partial charge in [-0.25, -0.2) is 5.32 Å². The van der Waals surface area contributed by atoms with E-state index in [0.29, 0.717) is 6.08 Å². The summed E-state index contributed by atoms with van der Waals surface area (Å²) in [5.74, 6) is -1.29. The number of alkyl halides is 3. The second-order valence-corrected chi connectivity index (χ2v) is 1.79. The van der Waals surface area contributed by atoms with E-state index in [9.17, 15) is 18.0 Å². The molecule has 58 valence electrons. The lowest BCUT2D eigenvalue weighted by Crippen LogP contribution is -2.26. The minimum Gasteiger partial charge on any atom is -0.267 e. The highest BCUT2D eigenvalue weighted by Gasteiger charge is 2.39. The molecule has 0 aliphatic carbocycles. The van der Waals surface area contributed by atoms with Gasteiger partial charge in [0, 0.05) is 0 Å². The number of nitrogens with zero attached hydrogens (tertiary/aromatic N) is 1. The van der Waals surface area contributed by atoms with Crippen LogP contribution in [0.2, 0.25) is 0 Å². The molecule has 0 unspecified atom stereocenters. The predicted molar refractivity (Wildman–Crippen MR) is 29.1 cm³/mol. The highest BCUT2D eigenvalue weighted by molar-refractivity contribution is 5.95. The maximum Gasteiger partial charge on any atom is 0.421 e. The zero-order chi connectivity index (χ0) is 8.48. The summed E-state index contributed by atoms with van der Waals surface area (Å²) in [7, 11) is 0. The minimum atomic E-state index is -4.61. The fourth-order valence-electron chi connectivity index (χ4n) is 0.564. The Hall–Kier alpha value is -1.26. The molecule has 0 spiro atoms. The van der Waals surface area contributed by atoms with Gasteiger partial charge in [0.05, 0.1) is 6.20 Å². The van der Waals surface area contributed by atoms with E-state index in [2.05, 4.69) is 5.32 Å². The molecule has 1 heterocycles. The van der Waals surface area contributed by atoms with E-state index in [1.165, 1.54) is 0 Å². The quantitative estimate of drug-likeness (QED) is 0.520. The van der Waals surface area contributed by atoms with Gasteiger partial charge in [-0.05, 0) is 12.2 Å². The molecule has 2 nitrogen and oxygen atoms in total. The molecule has 0 fully saturated rings. The Bertz CT molecular complexity index is 239. The van der Waals surface area contributed by atoms with Crippen molar-refractivity contribution in [2.45, 2.75) is 6.18 Å².